The van der Waals surface area contributed by atoms with Gasteiger partial charge in [-0.15, -0.1) is 0 Å². The third-order valence-electron chi connectivity index (χ3n) is 3.05. The molecule has 6 heteroatoms. The minimum Gasteiger partial charge on any atom is -0.481 e. The van der Waals surface area contributed by atoms with Crippen molar-refractivity contribution in [2.45, 2.75) is 20.0 Å². The maximum absolute atomic E-state index is 12.2. The zero-order valence-electron chi connectivity index (χ0n) is 12.6. The predicted octanol–water partition coefficient (Wildman–Crippen LogP) is 4.60. The molecule has 2 aromatic rings. The highest BCUT2D eigenvalue weighted by Gasteiger charge is 2.16. The molecule has 0 aromatic heterocycles. The molecular weight excluding hydrogens is 337 g/mol. The molecule has 0 fully saturated rings. The summed E-state index contributed by atoms with van der Waals surface area (Å²) < 4.78 is 5.54. The van der Waals surface area contributed by atoms with Crippen molar-refractivity contribution in [3.63, 3.8) is 0 Å². The van der Waals surface area contributed by atoms with Gasteiger partial charge in [-0.3, -0.25) is 9.59 Å². The summed E-state index contributed by atoms with van der Waals surface area (Å²) in [5, 5.41) is 3.55. The molecule has 0 saturated carbocycles. The maximum Gasteiger partial charge on any atom is 0.265 e. The number of nitrogens with one attached hydrogen (secondary N) is 1. The van der Waals surface area contributed by atoms with Crippen LogP contribution >= 0.6 is 23.2 Å². The van der Waals surface area contributed by atoms with Gasteiger partial charge >= 0.3 is 0 Å². The van der Waals surface area contributed by atoms with Crippen LogP contribution in [0, 0.1) is 0 Å². The van der Waals surface area contributed by atoms with Gasteiger partial charge in [0.05, 0.1) is 0 Å². The molecular formula is C17H15Cl2NO3. The Morgan fingerprint density at radius 2 is 1.74 bits per heavy atom. The molecule has 4 nitrogen and oxygen atoms in total. The molecule has 0 radical (unpaired) electrons. The lowest BCUT2D eigenvalue weighted by Gasteiger charge is -2.15. The fourth-order valence-corrected chi connectivity index (χ4v) is 2.42. The summed E-state index contributed by atoms with van der Waals surface area (Å²) in [6.45, 7) is 3.08. The Morgan fingerprint density at radius 1 is 1.09 bits per heavy atom. The second-order valence-electron chi connectivity index (χ2n) is 4.99. The van der Waals surface area contributed by atoms with Gasteiger partial charge < -0.3 is 10.1 Å². The monoisotopic (exact) mass is 351 g/mol. The highest BCUT2D eigenvalue weighted by Crippen LogP contribution is 2.25. The van der Waals surface area contributed by atoms with Crippen LogP contribution < -0.4 is 10.1 Å². The lowest BCUT2D eigenvalue weighted by molar-refractivity contribution is -0.122. The van der Waals surface area contributed by atoms with Crippen molar-refractivity contribution < 1.29 is 14.3 Å². The van der Waals surface area contributed by atoms with Crippen LogP contribution in [-0.4, -0.2) is 17.8 Å². The van der Waals surface area contributed by atoms with Crippen LogP contribution in [0.3, 0.4) is 0 Å². The molecule has 0 aliphatic heterocycles. The Morgan fingerprint density at radius 3 is 2.35 bits per heavy atom. The smallest absolute Gasteiger partial charge is 0.265 e. The number of hydrogen-bond acceptors (Lipinski definition) is 3. The molecule has 120 valence electrons. The third-order valence-corrected chi connectivity index (χ3v) is 3.49. The first kappa shape index (κ1) is 17.3. The van der Waals surface area contributed by atoms with Crippen LogP contribution in [0.1, 0.15) is 24.2 Å². The largest absolute Gasteiger partial charge is 0.481 e. The number of carbonyl (C=O) groups is 2. The number of rotatable bonds is 5. The van der Waals surface area contributed by atoms with Crippen molar-refractivity contribution in [3.8, 4) is 5.75 Å². The van der Waals surface area contributed by atoms with Gasteiger partial charge in [-0.2, -0.15) is 0 Å². The van der Waals surface area contributed by atoms with Gasteiger partial charge in [-0.25, -0.2) is 0 Å². The first-order chi connectivity index (χ1) is 10.8. The van der Waals surface area contributed by atoms with Crippen LogP contribution in [0.2, 0.25) is 10.0 Å². The maximum atomic E-state index is 12.2. The Bertz CT molecular complexity index is 726. The molecule has 2 aromatic carbocycles. The van der Waals surface area contributed by atoms with Gasteiger partial charge in [-0.05, 0) is 44.2 Å². The van der Waals surface area contributed by atoms with Crippen molar-refractivity contribution >= 4 is 40.6 Å². The van der Waals surface area contributed by atoms with Crippen LogP contribution in [0.15, 0.2) is 42.5 Å². The van der Waals surface area contributed by atoms with Gasteiger partial charge in [0.25, 0.3) is 5.91 Å². The van der Waals surface area contributed by atoms with E-state index in [1.165, 1.54) is 6.92 Å². The van der Waals surface area contributed by atoms with Crippen molar-refractivity contribution in [1.82, 2.24) is 0 Å². The Labute approximate surface area is 144 Å². The summed E-state index contributed by atoms with van der Waals surface area (Å²) in [7, 11) is 0. The number of Topliss-reactive ketones (excluding diaryl/α,β-unsaturated/α-hetero) is 1. The van der Waals surface area contributed by atoms with E-state index in [4.69, 9.17) is 27.9 Å². The summed E-state index contributed by atoms with van der Waals surface area (Å²) in [4.78, 5) is 23.5. The summed E-state index contributed by atoms with van der Waals surface area (Å²) in [5.74, 6) is -0.0107. The average molecular weight is 352 g/mol. The van der Waals surface area contributed by atoms with Crippen LogP contribution in [0.25, 0.3) is 0 Å². The molecule has 0 unspecified atom stereocenters. The van der Waals surface area contributed by atoms with Crippen molar-refractivity contribution in [1.29, 1.82) is 0 Å². The molecule has 1 amide bonds. The normalized spacial score (nSPS) is 11.7. The van der Waals surface area contributed by atoms with Crippen LogP contribution in [0.4, 0.5) is 5.69 Å². The summed E-state index contributed by atoms with van der Waals surface area (Å²) >= 11 is 11.8. The molecule has 0 aliphatic rings. The zero-order valence-corrected chi connectivity index (χ0v) is 14.1. The van der Waals surface area contributed by atoms with Crippen LogP contribution in [-0.2, 0) is 4.79 Å². The molecule has 1 atom stereocenters. The Hall–Kier alpha value is -2.04. The second kappa shape index (κ2) is 7.49. The van der Waals surface area contributed by atoms with Crippen molar-refractivity contribution in [2.75, 3.05) is 5.32 Å². The fraction of sp³-hybridized carbons (Fsp3) is 0.176. The standard InChI is InChI=1S/C17H15Cl2NO3/c1-10(21)12-4-3-5-15(6-12)20-17(22)11(2)23-16-8-13(18)7-14(19)9-16/h3-9,11H,1-2H3,(H,20,22)/t11-/m0/s1. The number of halogens is 2. The predicted molar refractivity (Wildman–Crippen MR) is 91.6 cm³/mol. The molecule has 0 spiro atoms. The van der Waals surface area contributed by atoms with E-state index in [0.29, 0.717) is 27.0 Å². The topological polar surface area (TPSA) is 55.4 Å². The number of carbonyl (C=O) groups excluding carboxylic acids is 2. The zero-order chi connectivity index (χ0) is 17.0. The molecule has 23 heavy (non-hydrogen) atoms. The van der Waals surface area contributed by atoms with E-state index in [1.807, 2.05) is 0 Å². The SMILES string of the molecule is CC(=O)c1cccc(NC(=O)[C@H](C)Oc2cc(Cl)cc(Cl)c2)c1. The first-order valence-corrected chi connectivity index (χ1v) is 7.65. The van der Waals surface area contributed by atoms with E-state index in [-0.39, 0.29) is 11.7 Å². The van der Waals surface area contributed by atoms with Crippen LogP contribution in [0.5, 0.6) is 5.75 Å². The molecule has 1 N–H and O–H groups in total. The molecule has 0 bridgehead atoms. The average Bonchev–Trinajstić information content (AvgIpc) is 2.46. The van der Waals surface area contributed by atoms with Gasteiger partial charge in [-0.1, -0.05) is 35.3 Å². The van der Waals surface area contributed by atoms with E-state index >= 15 is 0 Å². The highest BCUT2D eigenvalue weighted by molar-refractivity contribution is 6.34. The van der Waals surface area contributed by atoms with Gasteiger partial charge in [0, 0.05) is 21.3 Å². The van der Waals surface area contributed by atoms with Gasteiger partial charge in [0.15, 0.2) is 11.9 Å². The minimum absolute atomic E-state index is 0.0704. The number of ether oxygens (including phenoxy) is 1. The quantitative estimate of drug-likeness (QED) is 0.800. The lowest BCUT2D eigenvalue weighted by Crippen LogP contribution is -2.30. The van der Waals surface area contributed by atoms with E-state index in [0.717, 1.165) is 0 Å². The summed E-state index contributed by atoms with van der Waals surface area (Å²) in [5.41, 5.74) is 1.06. The summed E-state index contributed by atoms with van der Waals surface area (Å²) in [6.07, 6.45) is -0.759. The van der Waals surface area contributed by atoms with Gasteiger partial charge in [0.2, 0.25) is 0 Å². The highest BCUT2D eigenvalue weighted by atomic mass is 35.5. The number of amides is 1. The Balaban J connectivity index is 2.05. The van der Waals surface area contributed by atoms with E-state index < -0.39 is 6.10 Å². The van der Waals surface area contributed by atoms with Gasteiger partial charge in [0.1, 0.15) is 5.75 Å². The van der Waals surface area contributed by atoms with Crippen molar-refractivity contribution in [2.24, 2.45) is 0 Å². The molecule has 2 rings (SSSR count). The van der Waals surface area contributed by atoms with E-state index in [2.05, 4.69) is 5.32 Å². The number of hydrogen-bond donors (Lipinski definition) is 1. The number of ketones is 1. The summed E-state index contributed by atoms with van der Waals surface area (Å²) in [6, 6.07) is 11.4. The third kappa shape index (κ3) is 4.98. The second-order valence-corrected chi connectivity index (χ2v) is 5.86. The van der Waals surface area contributed by atoms with Crippen molar-refractivity contribution in [3.05, 3.63) is 58.1 Å². The number of benzene rings is 2. The van der Waals surface area contributed by atoms with E-state index in [1.54, 1.807) is 49.4 Å². The Kier molecular flexibility index (Phi) is 5.64. The lowest BCUT2D eigenvalue weighted by atomic mass is 10.1. The first-order valence-electron chi connectivity index (χ1n) is 6.90. The fourth-order valence-electron chi connectivity index (χ4n) is 1.91. The molecule has 0 heterocycles. The number of anilines is 1. The minimum atomic E-state index is -0.759. The molecule has 0 saturated heterocycles. The molecule has 0 aliphatic carbocycles. The van der Waals surface area contributed by atoms with E-state index in [9.17, 15) is 9.59 Å².